The van der Waals surface area contributed by atoms with Gasteiger partial charge in [-0.05, 0) is 38.1 Å². The van der Waals surface area contributed by atoms with Crippen LogP contribution in [0.2, 0.25) is 0 Å². The van der Waals surface area contributed by atoms with Crippen molar-refractivity contribution in [1.29, 1.82) is 0 Å². The number of carbonyl (C=O) groups is 2. The lowest BCUT2D eigenvalue weighted by Crippen LogP contribution is -2.15. The number of ether oxygens (including phenoxy) is 2. The average molecular weight is 356 g/mol. The molecule has 0 fully saturated rings. The van der Waals surface area contributed by atoms with Gasteiger partial charge in [0, 0.05) is 0 Å². The Morgan fingerprint density at radius 3 is 2.62 bits per heavy atom. The number of aromatic nitrogens is 2. The molecule has 0 bridgehead atoms. The van der Waals surface area contributed by atoms with Gasteiger partial charge < -0.3 is 18.9 Å². The molecule has 134 valence electrons. The van der Waals surface area contributed by atoms with Crippen molar-refractivity contribution in [2.45, 2.75) is 20.5 Å². The van der Waals surface area contributed by atoms with Gasteiger partial charge in [-0.3, -0.25) is 4.79 Å². The molecule has 3 rings (SSSR count). The van der Waals surface area contributed by atoms with E-state index in [9.17, 15) is 14.4 Å². The number of nitrogens with one attached hydrogen (secondary N) is 1. The molecular weight excluding hydrogens is 340 g/mol. The minimum Gasteiger partial charge on any atom is -0.466 e. The zero-order chi connectivity index (χ0) is 18.8. The molecule has 0 saturated heterocycles. The molecule has 3 aromatic rings. The maximum Gasteiger partial charge on any atom is 0.342 e. The van der Waals surface area contributed by atoms with Crippen LogP contribution in [0.4, 0.5) is 0 Å². The number of fused-ring (bicyclic) bond motifs is 1. The van der Waals surface area contributed by atoms with Crippen LogP contribution in [0, 0.1) is 13.8 Å². The topological polar surface area (TPSA) is 111 Å². The molecule has 0 radical (unpaired) electrons. The quantitative estimate of drug-likeness (QED) is 0.714. The molecule has 0 aliphatic rings. The molecule has 0 saturated carbocycles. The number of carbonyl (C=O) groups excluding carboxylic acids is 2. The van der Waals surface area contributed by atoms with E-state index in [2.05, 4.69) is 14.7 Å². The summed E-state index contributed by atoms with van der Waals surface area (Å²) in [5, 5.41) is 0.314. The lowest BCUT2D eigenvalue weighted by molar-refractivity contribution is 0.0460. The lowest BCUT2D eigenvalue weighted by atomic mass is 10.1. The number of rotatable bonds is 4. The number of nitrogens with zero attached hydrogens (tertiary/aromatic N) is 1. The van der Waals surface area contributed by atoms with Crippen molar-refractivity contribution < 1.29 is 23.5 Å². The van der Waals surface area contributed by atoms with E-state index in [1.54, 1.807) is 19.9 Å². The van der Waals surface area contributed by atoms with Gasteiger partial charge >= 0.3 is 11.9 Å². The van der Waals surface area contributed by atoms with Crippen LogP contribution >= 0.6 is 0 Å². The average Bonchev–Trinajstić information content (AvgIpc) is 2.96. The molecule has 0 aliphatic carbocycles. The number of aryl methyl sites for hydroxylation is 2. The summed E-state index contributed by atoms with van der Waals surface area (Å²) >= 11 is 0. The fourth-order valence-electron chi connectivity index (χ4n) is 2.55. The van der Waals surface area contributed by atoms with Crippen LogP contribution in [0.5, 0.6) is 0 Å². The van der Waals surface area contributed by atoms with Crippen molar-refractivity contribution in [3.63, 3.8) is 0 Å². The third kappa shape index (κ3) is 3.34. The predicted octanol–water partition coefficient (Wildman–Crippen LogP) is 2.28. The summed E-state index contributed by atoms with van der Waals surface area (Å²) in [6.45, 7) is 3.16. The van der Waals surface area contributed by atoms with Gasteiger partial charge in [-0.15, -0.1) is 0 Å². The second-order valence-corrected chi connectivity index (χ2v) is 5.64. The van der Waals surface area contributed by atoms with E-state index in [0.29, 0.717) is 28.0 Å². The maximum atomic E-state index is 12.2. The Bertz CT molecular complexity index is 1060. The monoisotopic (exact) mass is 356 g/mol. The largest absolute Gasteiger partial charge is 0.466 e. The molecule has 1 N–H and O–H groups in total. The summed E-state index contributed by atoms with van der Waals surface area (Å²) in [5.74, 6) is 0.103. The highest BCUT2D eigenvalue weighted by Crippen LogP contribution is 2.16. The van der Waals surface area contributed by atoms with Gasteiger partial charge in [0.15, 0.2) is 0 Å². The van der Waals surface area contributed by atoms with Crippen molar-refractivity contribution in [3.8, 4) is 0 Å². The number of esters is 2. The first-order valence-corrected chi connectivity index (χ1v) is 7.74. The molecule has 0 atom stereocenters. The molecule has 2 aromatic heterocycles. The summed E-state index contributed by atoms with van der Waals surface area (Å²) in [4.78, 5) is 42.7. The lowest BCUT2D eigenvalue weighted by Gasteiger charge is -2.06. The summed E-state index contributed by atoms with van der Waals surface area (Å²) in [6.07, 6.45) is 0. The van der Waals surface area contributed by atoms with Crippen molar-refractivity contribution in [3.05, 3.63) is 63.1 Å². The zero-order valence-corrected chi connectivity index (χ0v) is 14.4. The first kappa shape index (κ1) is 17.4. The van der Waals surface area contributed by atoms with Gasteiger partial charge in [-0.1, -0.05) is 0 Å². The molecule has 2 heterocycles. The number of hydrogen-bond acceptors (Lipinski definition) is 7. The highest BCUT2D eigenvalue weighted by atomic mass is 16.5. The van der Waals surface area contributed by atoms with E-state index < -0.39 is 17.5 Å². The highest BCUT2D eigenvalue weighted by Gasteiger charge is 2.16. The van der Waals surface area contributed by atoms with Crippen molar-refractivity contribution in [2.75, 3.05) is 7.11 Å². The summed E-state index contributed by atoms with van der Waals surface area (Å²) < 4.78 is 15.1. The van der Waals surface area contributed by atoms with Gasteiger partial charge in [0.25, 0.3) is 5.56 Å². The fourth-order valence-corrected chi connectivity index (χ4v) is 2.55. The second-order valence-electron chi connectivity index (χ2n) is 5.64. The Labute approximate surface area is 147 Å². The van der Waals surface area contributed by atoms with Crippen molar-refractivity contribution in [1.82, 2.24) is 9.97 Å². The molecule has 1 aromatic carbocycles. The molecule has 8 nitrogen and oxygen atoms in total. The summed E-state index contributed by atoms with van der Waals surface area (Å²) in [7, 11) is 1.27. The molecule has 8 heteroatoms. The van der Waals surface area contributed by atoms with Crippen LogP contribution in [-0.2, 0) is 16.1 Å². The minimum atomic E-state index is -0.578. The number of benzene rings is 1. The van der Waals surface area contributed by atoms with Crippen LogP contribution in [0.3, 0.4) is 0 Å². The second kappa shape index (κ2) is 6.83. The SMILES string of the molecule is COC(=O)c1ccc2c(=O)[nH]c(COC(=O)c3cc(C)oc3C)nc2c1. The molecule has 0 spiro atoms. The van der Waals surface area contributed by atoms with E-state index in [1.165, 1.54) is 25.3 Å². The van der Waals surface area contributed by atoms with E-state index in [-0.39, 0.29) is 18.0 Å². The van der Waals surface area contributed by atoms with Gasteiger partial charge in [-0.25, -0.2) is 14.6 Å². The standard InChI is InChI=1S/C18H16N2O6/c1-9-6-13(10(2)26-9)18(23)25-8-15-19-14-7-11(17(22)24-3)4-5-12(14)16(21)20-15/h4-7H,8H2,1-3H3,(H,19,20,21). The zero-order valence-electron chi connectivity index (χ0n) is 14.4. The first-order valence-electron chi connectivity index (χ1n) is 7.74. The molecule has 0 unspecified atom stereocenters. The number of hydrogen-bond donors (Lipinski definition) is 1. The number of furan rings is 1. The van der Waals surface area contributed by atoms with Gasteiger partial charge in [0.1, 0.15) is 29.5 Å². The van der Waals surface area contributed by atoms with Crippen molar-refractivity contribution >= 4 is 22.8 Å². The Balaban J connectivity index is 1.86. The van der Waals surface area contributed by atoms with Gasteiger partial charge in [0.2, 0.25) is 0 Å². The highest BCUT2D eigenvalue weighted by molar-refractivity contribution is 5.94. The van der Waals surface area contributed by atoms with E-state index in [4.69, 9.17) is 9.15 Å². The smallest absolute Gasteiger partial charge is 0.342 e. The number of methoxy groups -OCH3 is 1. The molecular formula is C18H16N2O6. The molecule has 0 amide bonds. The van der Waals surface area contributed by atoms with Crippen LogP contribution in [0.1, 0.15) is 38.1 Å². The van der Waals surface area contributed by atoms with Crippen LogP contribution in [0.25, 0.3) is 10.9 Å². The Kier molecular flexibility index (Phi) is 4.57. The number of aromatic amines is 1. The van der Waals surface area contributed by atoms with Crippen LogP contribution in [-0.4, -0.2) is 29.0 Å². The van der Waals surface area contributed by atoms with Gasteiger partial charge in [0.05, 0.1) is 23.6 Å². The van der Waals surface area contributed by atoms with Crippen LogP contribution < -0.4 is 5.56 Å². The maximum absolute atomic E-state index is 12.2. The van der Waals surface area contributed by atoms with E-state index >= 15 is 0 Å². The summed E-state index contributed by atoms with van der Waals surface area (Å²) in [6, 6.07) is 6.00. The fraction of sp³-hybridized carbons (Fsp3) is 0.222. The normalized spacial score (nSPS) is 10.7. The predicted molar refractivity (Wildman–Crippen MR) is 91.0 cm³/mol. The van der Waals surface area contributed by atoms with Crippen molar-refractivity contribution in [2.24, 2.45) is 0 Å². The molecule has 0 aliphatic heterocycles. The third-order valence-corrected chi connectivity index (χ3v) is 3.78. The minimum absolute atomic E-state index is 0.163. The van der Waals surface area contributed by atoms with E-state index in [1.807, 2.05) is 0 Å². The Morgan fingerprint density at radius 1 is 1.19 bits per heavy atom. The Morgan fingerprint density at radius 2 is 1.96 bits per heavy atom. The third-order valence-electron chi connectivity index (χ3n) is 3.78. The first-order chi connectivity index (χ1) is 12.4. The van der Waals surface area contributed by atoms with Gasteiger partial charge in [-0.2, -0.15) is 0 Å². The number of H-pyrrole nitrogens is 1. The Hall–Kier alpha value is -3.42. The van der Waals surface area contributed by atoms with E-state index in [0.717, 1.165) is 0 Å². The molecule has 26 heavy (non-hydrogen) atoms. The van der Waals surface area contributed by atoms with Crippen LogP contribution in [0.15, 0.2) is 33.5 Å². The summed E-state index contributed by atoms with van der Waals surface area (Å²) in [5.41, 5.74) is 0.495.